The van der Waals surface area contributed by atoms with Crippen LogP contribution >= 0.6 is 0 Å². The zero-order valence-corrected chi connectivity index (χ0v) is 15.4. The molecule has 28 heavy (non-hydrogen) atoms. The molecule has 2 aromatic heterocycles. The highest BCUT2D eigenvalue weighted by molar-refractivity contribution is 6.10. The Morgan fingerprint density at radius 1 is 0.714 bits per heavy atom. The smallest absolute Gasteiger partial charge is 0.338 e. The number of aromatic carboxylic acids is 2. The van der Waals surface area contributed by atoms with E-state index in [9.17, 15) is 19.8 Å². The molecule has 0 saturated heterocycles. The van der Waals surface area contributed by atoms with Gasteiger partial charge >= 0.3 is 11.9 Å². The Morgan fingerprint density at radius 3 is 1.43 bits per heavy atom. The Labute approximate surface area is 160 Å². The van der Waals surface area contributed by atoms with Crippen LogP contribution < -0.4 is 0 Å². The first-order chi connectivity index (χ1) is 13.4. The van der Waals surface area contributed by atoms with Crippen LogP contribution in [0.4, 0.5) is 0 Å². The fourth-order valence-corrected chi connectivity index (χ4v) is 3.82. The molecule has 0 radical (unpaired) electrons. The van der Waals surface area contributed by atoms with Gasteiger partial charge in [-0.05, 0) is 24.3 Å². The number of carboxylic acids is 2. The quantitative estimate of drug-likeness (QED) is 0.560. The van der Waals surface area contributed by atoms with E-state index in [1.165, 1.54) is 0 Å². The largest absolute Gasteiger partial charge is 0.478 e. The second-order valence-electron chi connectivity index (χ2n) is 6.62. The highest BCUT2D eigenvalue weighted by atomic mass is 16.4. The molecule has 6 heteroatoms. The van der Waals surface area contributed by atoms with Crippen molar-refractivity contribution in [2.75, 3.05) is 0 Å². The van der Waals surface area contributed by atoms with Crippen LogP contribution in [0.15, 0.2) is 48.5 Å². The number of fused-ring (bicyclic) bond motifs is 2. The molecule has 6 nitrogen and oxygen atoms in total. The minimum absolute atomic E-state index is 0.199. The summed E-state index contributed by atoms with van der Waals surface area (Å²) in [5.74, 6) is -2.04. The van der Waals surface area contributed by atoms with Crippen LogP contribution in [0.1, 0.15) is 32.1 Å². The summed E-state index contributed by atoms with van der Waals surface area (Å²) in [4.78, 5) is 23.8. The summed E-state index contributed by atoms with van der Waals surface area (Å²) in [6.45, 7) is 0. The maximum atomic E-state index is 11.9. The number of benzene rings is 2. The van der Waals surface area contributed by atoms with E-state index in [1.807, 2.05) is 24.3 Å². The van der Waals surface area contributed by atoms with E-state index >= 15 is 0 Å². The zero-order valence-electron chi connectivity index (χ0n) is 15.4. The first kappa shape index (κ1) is 17.6. The van der Waals surface area contributed by atoms with Crippen LogP contribution in [0.5, 0.6) is 0 Å². The van der Waals surface area contributed by atoms with Crippen molar-refractivity contribution in [2.24, 2.45) is 14.1 Å². The van der Waals surface area contributed by atoms with Gasteiger partial charge in [-0.3, -0.25) is 0 Å². The van der Waals surface area contributed by atoms with E-state index in [0.717, 1.165) is 11.0 Å². The molecule has 2 heterocycles. The number of hydrogen-bond acceptors (Lipinski definition) is 2. The predicted octanol–water partition coefficient (Wildman–Crippen LogP) is 4.24. The standard InChI is InChI=1S/C22H18N2O4/c1-23-15-9-5-3-7-13(15)19(21(25)26)17(23)11-12-18-20(22(27)28)14-8-4-6-10-16(14)24(18)2/h3-12H,1-2H3,(H,25,26)(H,27,28)/b12-11-. The lowest BCUT2D eigenvalue weighted by Gasteiger charge is -2.03. The lowest BCUT2D eigenvalue weighted by atomic mass is 10.1. The SMILES string of the molecule is Cn1c(/C=C\c2c(C(=O)O)c3ccccc3n2C)c(C(=O)O)c2ccccc21. The molecule has 0 unspecified atom stereocenters. The summed E-state index contributed by atoms with van der Waals surface area (Å²) >= 11 is 0. The molecule has 0 bridgehead atoms. The molecule has 0 saturated carbocycles. The van der Waals surface area contributed by atoms with Crippen molar-refractivity contribution in [3.8, 4) is 0 Å². The topological polar surface area (TPSA) is 84.5 Å². The molecule has 0 aliphatic rings. The van der Waals surface area contributed by atoms with Gasteiger partial charge in [0.05, 0.1) is 22.5 Å². The molecule has 0 atom stereocenters. The van der Waals surface area contributed by atoms with E-state index < -0.39 is 11.9 Å². The van der Waals surface area contributed by atoms with Crippen LogP contribution in [-0.2, 0) is 14.1 Å². The molecule has 0 fully saturated rings. The fourth-order valence-electron chi connectivity index (χ4n) is 3.82. The van der Waals surface area contributed by atoms with Gasteiger partial charge in [0.1, 0.15) is 0 Å². The van der Waals surface area contributed by atoms with Crippen molar-refractivity contribution in [3.63, 3.8) is 0 Å². The zero-order chi connectivity index (χ0) is 20.0. The number of aromatic nitrogens is 2. The molecular weight excluding hydrogens is 356 g/mol. The molecular formula is C22H18N2O4. The summed E-state index contributed by atoms with van der Waals surface area (Å²) in [6.07, 6.45) is 3.34. The van der Waals surface area contributed by atoms with Crippen LogP contribution in [-0.4, -0.2) is 31.3 Å². The van der Waals surface area contributed by atoms with Gasteiger partial charge in [0.15, 0.2) is 0 Å². The van der Waals surface area contributed by atoms with Crippen molar-refractivity contribution >= 4 is 45.9 Å². The summed E-state index contributed by atoms with van der Waals surface area (Å²) < 4.78 is 3.61. The van der Waals surface area contributed by atoms with Crippen molar-refractivity contribution in [1.82, 2.24) is 9.13 Å². The number of carbonyl (C=O) groups is 2. The molecule has 140 valence electrons. The summed E-state index contributed by atoms with van der Waals surface area (Å²) in [5, 5.41) is 20.8. The number of hydrogen-bond donors (Lipinski definition) is 2. The highest BCUT2D eigenvalue weighted by Gasteiger charge is 2.21. The Bertz CT molecular complexity index is 1190. The number of nitrogens with zero attached hydrogens (tertiary/aromatic N) is 2. The second kappa shape index (κ2) is 6.42. The Kier molecular flexibility index (Phi) is 4.04. The first-order valence-electron chi connectivity index (χ1n) is 8.71. The maximum absolute atomic E-state index is 11.9. The molecule has 0 aliphatic heterocycles. The van der Waals surface area contributed by atoms with Crippen molar-refractivity contribution in [2.45, 2.75) is 0 Å². The molecule has 0 amide bonds. The van der Waals surface area contributed by atoms with Crippen LogP contribution in [0.3, 0.4) is 0 Å². The molecule has 4 aromatic rings. The molecule has 0 aliphatic carbocycles. The minimum Gasteiger partial charge on any atom is -0.478 e. The molecule has 0 spiro atoms. The Balaban J connectivity index is 1.97. The fraction of sp³-hybridized carbons (Fsp3) is 0.0909. The predicted molar refractivity (Wildman–Crippen MR) is 109 cm³/mol. The lowest BCUT2D eigenvalue weighted by Crippen LogP contribution is -2.02. The van der Waals surface area contributed by atoms with E-state index in [1.54, 1.807) is 59.6 Å². The normalized spacial score (nSPS) is 11.6. The third-order valence-electron chi connectivity index (χ3n) is 5.13. The maximum Gasteiger partial charge on any atom is 0.338 e. The summed E-state index contributed by atoms with van der Waals surface area (Å²) in [6, 6.07) is 14.6. The summed E-state index contributed by atoms with van der Waals surface area (Å²) in [5.41, 5.74) is 3.02. The molecule has 2 aromatic carbocycles. The van der Waals surface area contributed by atoms with Crippen LogP contribution in [0, 0.1) is 0 Å². The van der Waals surface area contributed by atoms with Crippen LogP contribution in [0.2, 0.25) is 0 Å². The van der Waals surface area contributed by atoms with Crippen LogP contribution in [0.25, 0.3) is 34.0 Å². The Morgan fingerprint density at radius 2 is 1.07 bits per heavy atom. The second-order valence-corrected chi connectivity index (χ2v) is 6.62. The minimum atomic E-state index is -1.02. The number of aryl methyl sites for hydroxylation is 2. The lowest BCUT2D eigenvalue weighted by molar-refractivity contribution is 0.0687. The van der Waals surface area contributed by atoms with Crippen molar-refractivity contribution in [1.29, 1.82) is 0 Å². The van der Waals surface area contributed by atoms with Gasteiger partial charge in [0, 0.05) is 35.9 Å². The van der Waals surface area contributed by atoms with Gasteiger partial charge < -0.3 is 19.3 Å². The number of para-hydroxylation sites is 2. The van der Waals surface area contributed by atoms with Gasteiger partial charge in [-0.2, -0.15) is 0 Å². The first-order valence-corrected chi connectivity index (χ1v) is 8.71. The third-order valence-corrected chi connectivity index (χ3v) is 5.13. The third kappa shape index (κ3) is 2.50. The van der Waals surface area contributed by atoms with Gasteiger partial charge in [-0.25, -0.2) is 9.59 Å². The van der Waals surface area contributed by atoms with Gasteiger partial charge in [0.25, 0.3) is 0 Å². The van der Waals surface area contributed by atoms with Gasteiger partial charge in [-0.15, -0.1) is 0 Å². The van der Waals surface area contributed by atoms with E-state index in [4.69, 9.17) is 0 Å². The van der Waals surface area contributed by atoms with Crippen molar-refractivity contribution in [3.05, 3.63) is 71.0 Å². The van der Waals surface area contributed by atoms with Gasteiger partial charge in [0.2, 0.25) is 0 Å². The van der Waals surface area contributed by atoms with Crippen molar-refractivity contribution < 1.29 is 19.8 Å². The molecule has 4 rings (SSSR count). The van der Waals surface area contributed by atoms with Gasteiger partial charge in [-0.1, -0.05) is 36.4 Å². The highest BCUT2D eigenvalue weighted by Crippen LogP contribution is 2.30. The average Bonchev–Trinajstić information content (AvgIpc) is 3.12. The van der Waals surface area contributed by atoms with E-state index in [-0.39, 0.29) is 11.1 Å². The van der Waals surface area contributed by atoms with E-state index in [0.29, 0.717) is 22.2 Å². The summed E-state index contributed by atoms with van der Waals surface area (Å²) in [7, 11) is 3.60. The van der Waals surface area contributed by atoms with E-state index in [2.05, 4.69) is 0 Å². The molecule has 2 N–H and O–H groups in total. The monoisotopic (exact) mass is 374 g/mol. The Hall–Kier alpha value is -3.80. The number of carboxylic acid groups (broad SMARTS) is 2. The average molecular weight is 374 g/mol. The number of rotatable bonds is 4.